The Morgan fingerprint density at radius 2 is 2.08 bits per heavy atom. The van der Waals surface area contributed by atoms with Crippen LogP contribution < -0.4 is 11.1 Å². The number of nitrogens with two attached hydrogens (primary N) is 1. The first kappa shape index (κ1) is 8.50. The van der Waals surface area contributed by atoms with E-state index in [1.54, 1.807) is 4.90 Å². The summed E-state index contributed by atoms with van der Waals surface area (Å²) in [5.41, 5.74) is 5.13. The number of nitrogens with zero attached hydrogens (tertiary/aromatic N) is 1. The van der Waals surface area contributed by atoms with Gasteiger partial charge in [0.25, 0.3) is 0 Å². The summed E-state index contributed by atoms with van der Waals surface area (Å²) < 4.78 is 0. The Balaban J connectivity index is 1.93. The first-order valence-electron chi connectivity index (χ1n) is 4.53. The molecule has 0 aromatic rings. The third-order valence-electron chi connectivity index (χ3n) is 2.75. The largest absolute Gasteiger partial charge is 0.368 e. The van der Waals surface area contributed by atoms with Crippen molar-refractivity contribution in [3.05, 3.63) is 0 Å². The topological polar surface area (TPSA) is 75.4 Å². The Morgan fingerprint density at radius 3 is 2.38 bits per heavy atom. The molecule has 2 unspecified atom stereocenters. The third-order valence-corrected chi connectivity index (χ3v) is 2.75. The Hall–Kier alpha value is -1.10. The van der Waals surface area contributed by atoms with Gasteiger partial charge in [-0.15, -0.1) is 0 Å². The van der Waals surface area contributed by atoms with E-state index in [0.29, 0.717) is 13.0 Å². The van der Waals surface area contributed by atoms with Gasteiger partial charge in [0.2, 0.25) is 11.8 Å². The van der Waals surface area contributed by atoms with Gasteiger partial charge >= 0.3 is 0 Å². The second kappa shape index (κ2) is 2.99. The van der Waals surface area contributed by atoms with Crippen molar-refractivity contribution in [3.63, 3.8) is 0 Å². The summed E-state index contributed by atoms with van der Waals surface area (Å²) >= 11 is 0. The normalized spacial score (nSPS) is 31.8. The molecule has 2 saturated heterocycles. The van der Waals surface area contributed by atoms with Crippen LogP contribution in [0.3, 0.4) is 0 Å². The molecule has 0 aliphatic carbocycles. The number of likely N-dealkylation sites (tertiary alicyclic amines) is 1. The van der Waals surface area contributed by atoms with Crippen LogP contribution in [0.5, 0.6) is 0 Å². The summed E-state index contributed by atoms with van der Waals surface area (Å²) in [5.74, 6) is -0.361. The van der Waals surface area contributed by atoms with E-state index >= 15 is 0 Å². The lowest BCUT2D eigenvalue weighted by Gasteiger charge is -2.42. The van der Waals surface area contributed by atoms with Crippen LogP contribution in [0.1, 0.15) is 12.8 Å². The Morgan fingerprint density at radius 1 is 1.38 bits per heavy atom. The van der Waals surface area contributed by atoms with Crippen LogP contribution >= 0.6 is 0 Å². The maximum atomic E-state index is 11.6. The van der Waals surface area contributed by atoms with Gasteiger partial charge in [-0.2, -0.15) is 0 Å². The molecule has 3 N–H and O–H groups in total. The average Bonchev–Trinajstić information content (AvgIpc) is 1.76. The lowest BCUT2D eigenvalue weighted by Crippen LogP contribution is -2.64. The van der Waals surface area contributed by atoms with Crippen molar-refractivity contribution in [2.45, 2.75) is 24.9 Å². The van der Waals surface area contributed by atoms with Gasteiger partial charge in [0, 0.05) is 6.54 Å². The number of hydrogen-bond donors (Lipinski definition) is 2. The fraction of sp³-hybridized carbons (Fsp3) is 0.750. The maximum absolute atomic E-state index is 11.6. The average molecular weight is 183 g/mol. The molecule has 5 nitrogen and oxygen atoms in total. The van der Waals surface area contributed by atoms with E-state index in [1.165, 1.54) is 0 Å². The number of hydrogen-bond acceptors (Lipinski definition) is 3. The van der Waals surface area contributed by atoms with E-state index in [9.17, 15) is 9.59 Å². The van der Waals surface area contributed by atoms with Gasteiger partial charge in [-0.3, -0.25) is 9.59 Å². The van der Waals surface area contributed by atoms with Gasteiger partial charge in [-0.25, -0.2) is 0 Å². The quantitative estimate of drug-likeness (QED) is 0.543. The summed E-state index contributed by atoms with van der Waals surface area (Å²) in [6, 6.07) is -0.419. The van der Waals surface area contributed by atoms with Crippen LogP contribution in [0.2, 0.25) is 0 Å². The molecule has 5 heteroatoms. The molecular weight excluding hydrogens is 170 g/mol. The predicted molar refractivity (Wildman–Crippen MR) is 45.7 cm³/mol. The predicted octanol–water partition coefficient (Wildman–Crippen LogP) is -1.57. The molecule has 0 spiro atoms. The van der Waals surface area contributed by atoms with Crippen molar-refractivity contribution in [2.24, 2.45) is 5.73 Å². The van der Waals surface area contributed by atoms with Gasteiger partial charge in [-0.05, 0) is 19.4 Å². The molecule has 2 heterocycles. The fourth-order valence-corrected chi connectivity index (χ4v) is 1.65. The Kier molecular flexibility index (Phi) is 1.95. The van der Waals surface area contributed by atoms with E-state index in [2.05, 4.69) is 5.32 Å². The number of carbonyl (C=O) groups is 2. The lowest BCUT2D eigenvalue weighted by atomic mass is 9.98. The summed E-state index contributed by atoms with van der Waals surface area (Å²) in [6.07, 6.45) is 1.59. The minimum atomic E-state index is -0.390. The number of carbonyl (C=O) groups excluding carboxylic acids is 2. The molecule has 0 saturated carbocycles. The maximum Gasteiger partial charge on any atom is 0.240 e. The van der Waals surface area contributed by atoms with Crippen molar-refractivity contribution in [2.75, 3.05) is 13.1 Å². The molecule has 0 aromatic heterocycles. The number of amides is 2. The molecule has 13 heavy (non-hydrogen) atoms. The number of nitrogens with one attached hydrogen (secondary N) is 1. The highest BCUT2D eigenvalue weighted by atomic mass is 16.2. The van der Waals surface area contributed by atoms with Gasteiger partial charge in [0.05, 0.1) is 6.04 Å². The second-order valence-corrected chi connectivity index (χ2v) is 3.53. The zero-order valence-electron chi connectivity index (χ0n) is 7.32. The molecule has 2 atom stereocenters. The monoisotopic (exact) mass is 183 g/mol. The van der Waals surface area contributed by atoms with Crippen LogP contribution in [0.15, 0.2) is 0 Å². The minimum Gasteiger partial charge on any atom is -0.368 e. The van der Waals surface area contributed by atoms with E-state index in [0.717, 1.165) is 13.0 Å². The van der Waals surface area contributed by atoms with Gasteiger partial charge in [0.15, 0.2) is 0 Å². The Bertz CT molecular complexity index is 250. The summed E-state index contributed by atoms with van der Waals surface area (Å²) in [4.78, 5) is 24.0. The third kappa shape index (κ3) is 1.29. The van der Waals surface area contributed by atoms with Crippen molar-refractivity contribution in [1.82, 2.24) is 10.2 Å². The highest BCUT2D eigenvalue weighted by Gasteiger charge is 2.40. The standard InChI is InChI=1S/C8H13N3O2/c9-7(12)6-2-4-11(6)8(13)5-1-3-10-5/h5-6,10H,1-4H2,(H2,9,12). The first-order chi connectivity index (χ1) is 6.20. The molecule has 0 aromatic carbocycles. The molecule has 2 rings (SSSR count). The van der Waals surface area contributed by atoms with E-state index in [4.69, 9.17) is 5.73 Å². The molecular formula is C8H13N3O2. The van der Waals surface area contributed by atoms with Crippen LogP contribution in [0, 0.1) is 0 Å². The van der Waals surface area contributed by atoms with Crippen LogP contribution in [0.4, 0.5) is 0 Å². The lowest BCUT2D eigenvalue weighted by molar-refractivity contribution is -0.149. The van der Waals surface area contributed by atoms with E-state index < -0.39 is 0 Å². The number of rotatable bonds is 2. The van der Waals surface area contributed by atoms with Crippen LogP contribution in [-0.4, -0.2) is 41.9 Å². The molecule has 0 radical (unpaired) electrons. The molecule has 2 amide bonds. The van der Waals surface area contributed by atoms with Crippen molar-refractivity contribution in [1.29, 1.82) is 0 Å². The minimum absolute atomic E-state index is 0.0290. The summed E-state index contributed by atoms with van der Waals surface area (Å²) in [6.45, 7) is 1.57. The summed E-state index contributed by atoms with van der Waals surface area (Å²) in [7, 11) is 0. The van der Waals surface area contributed by atoms with Crippen molar-refractivity contribution >= 4 is 11.8 Å². The smallest absolute Gasteiger partial charge is 0.240 e. The van der Waals surface area contributed by atoms with Gasteiger partial charge in [0.1, 0.15) is 6.04 Å². The molecule has 72 valence electrons. The zero-order valence-corrected chi connectivity index (χ0v) is 7.32. The second-order valence-electron chi connectivity index (χ2n) is 3.53. The Labute approximate surface area is 76.3 Å². The molecule has 2 aliphatic heterocycles. The van der Waals surface area contributed by atoms with Gasteiger partial charge < -0.3 is 16.0 Å². The van der Waals surface area contributed by atoms with Crippen LogP contribution in [0.25, 0.3) is 0 Å². The molecule has 2 fully saturated rings. The molecule has 2 aliphatic rings. The summed E-state index contributed by atoms with van der Waals surface area (Å²) in [5, 5.41) is 3.01. The highest BCUT2D eigenvalue weighted by Crippen LogP contribution is 2.20. The zero-order chi connectivity index (χ0) is 9.42. The molecule has 0 bridgehead atoms. The van der Waals surface area contributed by atoms with Gasteiger partial charge in [-0.1, -0.05) is 0 Å². The fourth-order valence-electron chi connectivity index (χ4n) is 1.65. The van der Waals surface area contributed by atoms with E-state index in [-0.39, 0.29) is 23.9 Å². The van der Waals surface area contributed by atoms with Crippen molar-refractivity contribution < 1.29 is 9.59 Å². The van der Waals surface area contributed by atoms with Crippen LogP contribution in [-0.2, 0) is 9.59 Å². The highest BCUT2D eigenvalue weighted by molar-refractivity contribution is 5.91. The SMILES string of the molecule is NC(=O)C1CCN1C(=O)C1CCN1. The first-order valence-corrected chi connectivity index (χ1v) is 4.53. The number of primary amides is 1. The van der Waals surface area contributed by atoms with E-state index in [1.807, 2.05) is 0 Å². The van der Waals surface area contributed by atoms with Crippen molar-refractivity contribution in [3.8, 4) is 0 Å².